The first-order valence-electron chi connectivity index (χ1n) is 20.7. The zero-order valence-corrected chi connectivity index (χ0v) is 26.3. The maximum atomic E-state index is 9.15. The van der Waals surface area contributed by atoms with E-state index in [0.717, 1.165) is 53.2 Å². The van der Waals surface area contributed by atoms with Crippen LogP contribution >= 0.6 is 11.3 Å². The van der Waals surface area contributed by atoms with E-state index in [2.05, 4.69) is 18.2 Å². The van der Waals surface area contributed by atoms with Crippen LogP contribution in [0.15, 0.2) is 162 Å². The van der Waals surface area contributed by atoms with Crippen LogP contribution in [0.25, 0.3) is 103 Å². The van der Waals surface area contributed by atoms with Crippen molar-refractivity contribution < 1.29 is 18.1 Å². The number of thiophene rings is 1. The average molecular weight is 653 g/mol. The second-order valence-electron chi connectivity index (χ2n) is 12.0. The summed E-state index contributed by atoms with van der Waals surface area (Å²) in [7, 11) is 0. The van der Waals surface area contributed by atoms with Crippen LogP contribution in [0, 0.1) is 0 Å². The van der Waals surface area contributed by atoms with Gasteiger partial charge in [-0.15, -0.1) is 11.3 Å². The molecular weight excluding hydrogens is 617 g/mol. The molecule has 0 aliphatic rings. The van der Waals surface area contributed by atoms with Crippen molar-refractivity contribution in [1.82, 2.24) is 9.55 Å². The number of rotatable bonds is 3. The van der Waals surface area contributed by atoms with Crippen molar-refractivity contribution in [2.75, 3.05) is 0 Å². The Morgan fingerprint density at radius 2 is 1.41 bits per heavy atom. The maximum absolute atomic E-state index is 9.15. The van der Waals surface area contributed by atoms with Crippen LogP contribution in [0.1, 0.15) is 13.7 Å². The minimum Gasteiger partial charge on any atom is -0.436 e. The number of para-hydroxylation sites is 1. The summed E-state index contributed by atoms with van der Waals surface area (Å²) in [4.78, 5) is 4.73. The number of nitrogens with zero attached hydrogens (tertiary/aromatic N) is 2. The molecule has 3 nitrogen and oxygen atoms in total. The fraction of sp³-hybridized carbons (Fsp3) is 0. The number of aromatic nitrogens is 2. The van der Waals surface area contributed by atoms with Gasteiger partial charge in [0.1, 0.15) is 5.52 Å². The molecule has 0 unspecified atom stereocenters. The molecule has 0 aliphatic heterocycles. The second kappa shape index (κ2) is 10.1. The van der Waals surface area contributed by atoms with E-state index in [0.29, 0.717) is 17.2 Å². The van der Waals surface area contributed by atoms with Crippen LogP contribution in [0.3, 0.4) is 0 Å². The lowest BCUT2D eigenvalue weighted by Crippen LogP contribution is -1.94. The van der Waals surface area contributed by atoms with E-state index in [1.807, 2.05) is 78.9 Å². The quantitative estimate of drug-likeness (QED) is 0.190. The number of fused-ring (bicyclic) bond motifs is 11. The first kappa shape index (κ1) is 18.9. The van der Waals surface area contributed by atoms with Gasteiger partial charge in [-0.3, -0.25) is 0 Å². The molecule has 0 saturated carbocycles. The highest BCUT2D eigenvalue weighted by atomic mass is 32.1. The van der Waals surface area contributed by atoms with Crippen LogP contribution in [-0.4, -0.2) is 9.55 Å². The Hall–Kier alpha value is -6.23. The van der Waals surface area contributed by atoms with Crippen molar-refractivity contribution in [3.63, 3.8) is 0 Å². The SMILES string of the molecule is [2H]c1c([2H])c([2H])c2c(c1[2H])c([2H])c([2H])c1c3c([2H])c([2H])c([2H])c([2H])c3n(-c3ccc4c(c3)sc3c5ccccc5c(-c5ccc6nc(-c7ccccc7)oc6c5)cc43)c21. The first-order chi connectivity index (χ1) is 28.4. The van der Waals surface area contributed by atoms with Crippen molar-refractivity contribution in [3.8, 4) is 28.3 Å². The van der Waals surface area contributed by atoms with Crippen molar-refractivity contribution in [1.29, 1.82) is 0 Å². The minimum absolute atomic E-state index is 0.00509. The molecule has 49 heavy (non-hydrogen) atoms. The van der Waals surface area contributed by atoms with E-state index < -0.39 is 54.4 Å². The normalized spacial score (nSPS) is 14.9. The first-order valence-corrected chi connectivity index (χ1v) is 16.5. The molecule has 0 N–H and O–H groups in total. The highest BCUT2D eigenvalue weighted by Gasteiger charge is 2.18. The van der Waals surface area contributed by atoms with E-state index in [9.17, 15) is 0 Å². The van der Waals surface area contributed by atoms with E-state index in [1.54, 1.807) is 15.9 Å². The third-order valence-corrected chi connectivity index (χ3v) is 10.5. The van der Waals surface area contributed by atoms with Gasteiger partial charge in [-0.1, -0.05) is 109 Å². The van der Waals surface area contributed by atoms with E-state index >= 15 is 0 Å². The molecule has 0 aliphatic carbocycles. The predicted octanol–water partition coefficient (Wildman–Crippen LogP) is 12.9. The van der Waals surface area contributed by atoms with Crippen molar-refractivity contribution in [2.45, 2.75) is 0 Å². The lowest BCUT2D eigenvalue weighted by molar-refractivity contribution is 0.620. The van der Waals surface area contributed by atoms with Crippen molar-refractivity contribution in [2.24, 2.45) is 0 Å². The summed E-state index contributed by atoms with van der Waals surface area (Å²) in [6.07, 6.45) is 0. The molecule has 0 spiro atoms. The number of hydrogen-bond donors (Lipinski definition) is 0. The lowest BCUT2D eigenvalue weighted by Gasteiger charge is -2.10. The Morgan fingerprint density at radius 3 is 2.33 bits per heavy atom. The lowest BCUT2D eigenvalue weighted by atomic mass is 9.95. The molecule has 228 valence electrons. The number of hydrogen-bond acceptors (Lipinski definition) is 3. The highest BCUT2D eigenvalue weighted by molar-refractivity contribution is 7.26. The summed E-state index contributed by atoms with van der Waals surface area (Å²) in [6.45, 7) is 0. The third kappa shape index (κ3) is 3.92. The number of benzene rings is 8. The van der Waals surface area contributed by atoms with Crippen LogP contribution in [0.5, 0.6) is 0 Å². The summed E-state index contributed by atoms with van der Waals surface area (Å²) in [6, 6.07) is 27.3. The van der Waals surface area contributed by atoms with Gasteiger partial charge in [-0.2, -0.15) is 0 Å². The minimum atomic E-state index is -0.544. The summed E-state index contributed by atoms with van der Waals surface area (Å²) in [5.74, 6) is 0.545. The van der Waals surface area contributed by atoms with Crippen molar-refractivity contribution >= 4 is 86.0 Å². The van der Waals surface area contributed by atoms with Gasteiger partial charge in [0.15, 0.2) is 5.58 Å². The predicted molar refractivity (Wildman–Crippen MR) is 207 cm³/mol. The van der Waals surface area contributed by atoms with Gasteiger partial charge in [0.2, 0.25) is 5.89 Å². The molecular formula is C45H26N2OS. The fourth-order valence-corrected chi connectivity index (χ4v) is 8.34. The molecule has 4 heteroatoms. The van der Waals surface area contributed by atoms with Crippen LogP contribution in [-0.2, 0) is 0 Å². The maximum Gasteiger partial charge on any atom is 0.227 e. The van der Waals surface area contributed by atoms with E-state index in [4.69, 9.17) is 23.1 Å². The topological polar surface area (TPSA) is 31.0 Å². The van der Waals surface area contributed by atoms with Gasteiger partial charge in [0, 0.05) is 53.0 Å². The summed E-state index contributed by atoms with van der Waals surface area (Å²) < 4.78 is 97.8. The molecule has 11 rings (SSSR count). The fourth-order valence-electron chi connectivity index (χ4n) is 7.08. The highest BCUT2D eigenvalue weighted by Crippen LogP contribution is 2.45. The molecule has 11 aromatic rings. The standard InChI is InChI=1S/C45H26N2OS/c1-2-11-28(12-3-1)45-46-39-23-19-29(24-41(39)48-45)37-26-38-34-22-20-30(25-42(34)49-44(38)36-16-7-6-14-32(36)37)47-40-17-9-8-15-33(40)35-21-18-27-10-4-5-13-31(27)43(35)47/h1-26H/i4D,5D,8D,9D,10D,13D,15D,17D,18D,21D. The van der Waals surface area contributed by atoms with E-state index in [1.165, 1.54) is 0 Å². The molecule has 3 aromatic heterocycles. The van der Waals surface area contributed by atoms with Gasteiger partial charge < -0.3 is 8.98 Å². The van der Waals surface area contributed by atoms with Gasteiger partial charge in [-0.05, 0) is 70.4 Å². The third-order valence-electron chi connectivity index (χ3n) is 9.28. The molecule has 0 amide bonds. The van der Waals surface area contributed by atoms with Crippen LogP contribution < -0.4 is 0 Å². The molecule has 0 atom stereocenters. The molecule has 0 radical (unpaired) electrons. The summed E-state index contributed by atoms with van der Waals surface area (Å²) in [5, 5.41) is 3.86. The van der Waals surface area contributed by atoms with Crippen LogP contribution in [0.2, 0.25) is 0 Å². The summed E-state index contributed by atoms with van der Waals surface area (Å²) >= 11 is 1.57. The molecule has 8 aromatic carbocycles. The number of oxazole rings is 1. The largest absolute Gasteiger partial charge is 0.436 e. The van der Waals surface area contributed by atoms with Gasteiger partial charge in [-0.25, -0.2) is 4.98 Å². The Morgan fingerprint density at radius 1 is 0.592 bits per heavy atom. The summed E-state index contributed by atoms with van der Waals surface area (Å²) in [5.41, 5.74) is 4.90. The van der Waals surface area contributed by atoms with Crippen molar-refractivity contribution in [3.05, 3.63) is 157 Å². The van der Waals surface area contributed by atoms with Gasteiger partial charge in [0.25, 0.3) is 0 Å². The monoisotopic (exact) mass is 652 g/mol. The zero-order chi connectivity index (χ0) is 40.8. The molecule has 0 fully saturated rings. The van der Waals surface area contributed by atoms with E-state index in [-0.39, 0.29) is 38.6 Å². The zero-order valence-electron chi connectivity index (χ0n) is 35.4. The van der Waals surface area contributed by atoms with Crippen LogP contribution in [0.4, 0.5) is 0 Å². The Kier molecular flexibility index (Phi) is 3.92. The Balaban J connectivity index is 1.20. The molecule has 0 saturated heterocycles. The van der Waals surface area contributed by atoms with Gasteiger partial charge in [0.05, 0.1) is 24.7 Å². The Labute approximate surface area is 298 Å². The molecule has 0 bridgehead atoms. The smallest absolute Gasteiger partial charge is 0.227 e. The average Bonchev–Trinajstić information content (AvgIpc) is 3.96. The van der Waals surface area contributed by atoms with Gasteiger partial charge >= 0.3 is 0 Å². The molecule has 3 heterocycles. The second-order valence-corrected chi connectivity index (χ2v) is 13.0. The Bertz CT molecular complexity index is 3690.